The molecule has 0 aliphatic rings. The molecule has 0 spiro atoms. The average Bonchev–Trinajstić information content (AvgIpc) is 3.24. The summed E-state index contributed by atoms with van der Waals surface area (Å²) in [7, 11) is 0. The van der Waals surface area contributed by atoms with Crippen molar-refractivity contribution in [1.82, 2.24) is 0 Å². The molecule has 0 fully saturated rings. The third-order valence-corrected chi connectivity index (χ3v) is 4.27. The minimum atomic E-state index is 0.363. The molecule has 0 unspecified atom stereocenters. The fraction of sp³-hybridized carbons (Fsp3) is 0.100. The van der Waals surface area contributed by atoms with Crippen LogP contribution in [0.3, 0.4) is 0 Å². The first-order chi connectivity index (χ1) is 12.1. The molecule has 0 bridgehead atoms. The number of fused-ring (bicyclic) bond motifs is 2. The van der Waals surface area contributed by atoms with Crippen molar-refractivity contribution in [2.45, 2.75) is 12.3 Å². The van der Waals surface area contributed by atoms with Crippen molar-refractivity contribution >= 4 is 37.9 Å². The summed E-state index contributed by atoms with van der Waals surface area (Å²) in [6.45, 7) is 2.01. The summed E-state index contributed by atoms with van der Waals surface area (Å²) in [5, 5.41) is 20.0. The first kappa shape index (κ1) is 16.8. The minimum absolute atomic E-state index is 0.363. The number of halogens is 1. The van der Waals surface area contributed by atoms with Gasteiger partial charge in [0, 0.05) is 28.2 Å². The highest BCUT2D eigenvalue weighted by Gasteiger charge is 2.03. The third-order valence-electron chi connectivity index (χ3n) is 3.63. The molecule has 122 valence electrons. The van der Waals surface area contributed by atoms with E-state index >= 15 is 0 Å². The topological polar surface area (TPSA) is 73.9 Å². The zero-order valence-corrected chi connectivity index (χ0v) is 15.0. The Bertz CT molecular complexity index is 1130. The van der Waals surface area contributed by atoms with Gasteiger partial charge in [-0.15, -0.1) is 0 Å². The van der Waals surface area contributed by atoms with Gasteiger partial charge in [0.1, 0.15) is 23.3 Å². The standard InChI is InChI=1S/C10H6BrNO.C10H7NO/c11-5-7-1-2-10-8(3-7)4-9(6-12)13-10;1-7-2-3-10-8(4-7)5-9(6-11)12-10/h1-4H,5H2;2-5H,1H3. The van der Waals surface area contributed by atoms with E-state index in [1.54, 1.807) is 12.1 Å². The average molecular weight is 393 g/mol. The second-order valence-electron chi connectivity index (χ2n) is 5.49. The SMILES string of the molecule is Cc1ccc2oc(C#N)cc2c1.N#Cc1cc2cc(CBr)ccc2o1. The van der Waals surface area contributed by atoms with Gasteiger partial charge in [0.05, 0.1) is 0 Å². The monoisotopic (exact) mass is 392 g/mol. The predicted molar refractivity (Wildman–Crippen MR) is 99.2 cm³/mol. The van der Waals surface area contributed by atoms with Gasteiger partial charge < -0.3 is 8.83 Å². The number of hydrogen-bond acceptors (Lipinski definition) is 4. The number of nitrogens with zero attached hydrogens (tertiary/aromatic N) is 2. The molecule has 2 heterocycles. The lowest BCUT2D eigenvalue weighted by Crippen LogP contribution is -1.73. The van der Waals surface area contributed by atoms with E-state index < -0.39 is 0 Å². The van der Waals surface area contributed by atoms with E-state index in [1.165, 1.54) is 11.1 Å². The van der Waals surface area contributed by atoms with Gasteiger partial charge in [0.2, 0.25) is 11.5 Å². The summed E-state index contributed by atoms with van der Waals surface area (Å²) in [6.07, 6.45) is 0. The van der Waals surface area contributed by atoms with Crippen molar-refractivity contribution in [3.63, 3.8) is 0 Å². The predicted octanol–water partition coefficient (Wildman–Crippen LogP) is 5.81. The zero-order valence-electron chi connectivity index (χ0n) is 13.4. The third kappa shape index (κ3) is 3.74. The zero-order chi connectivity index (χ0) is 17.8. The number of furan rings is 2. The van der Waals surface area contributed by atoms with Gasteiger partial charge in [-0.05, 0) is 36.8 Å². The lowest BCUT2D eigenvalue weighted by atomic mass is 10.2. The quantitative estimate of drug-likeness (QED) is 0.383. The Balaban J connectivity index is 0.000000146. The maximum Gasteiger partial charge on any atom is 0.204 e. The van der Waals surface area contributed by atoms with Gasteiger partial charge in [-0.25, -0.2) is 0 Å². The number of aryl methyl sites for hydroxylation is 1. The molecule has 25 heavy (non-hydrogen) atoms. The van der Waals surface area contributed by atoms with Crippen LogP contribution in [-0.4, -0.2) is 0 Å². The molecule has 4 aromatic rings. The van der Waals surface area contributed by atoms with E-state index in [4.69, 9.17) is 19.4 Å². The van der Waals surface area contributed by atoms with E-state index in [0.717, 1.165) is 27.3 Å². The lowest BCUT2D eigenvalue weighted by molar-refractivity contribution is 0.599. The van der Waals surface area contributed by atoms with E-state index in [0.29, 0.717) is 11.5 Å². The Hall–Kier alpha value is -3.02. The summed E-state index contributed by atoms with van der Waals surface area (Å²) in [5.74, 6) is 0.734. The van der Waals surface area contributed by atoms with E-state index in [-0.39, 0.29) is 0 Å². The Morgan fingerprint density at radius 2 is 1.40 bits per heavy atom. The molecule has 0 radical (unpaired) electrons. The van der Waals surface area contributed by atoms with Crippen LogP contribution in [0.2, 0.25) is 0 Å². The smallest absolute Gasteiger partial charge is 0.204 e. The molecule has 0 N–H and O–H groups in total. The van der Waals surface area contributed by atoms with Crippen molar-refractivity contribution in [2.75, 3.05) is 0 Å². The molecule has 0 atom stereocenters. The van der Waals surface area contributed by atoms with Crippen LogP contribution in [-0.2, 0) is 5.33 Å². The van der Waals surface area contributed by atoms with Crippen molar-refractivity contribution in [1.29, 1.82) is 10.5 Å². The van der Waals surface area contributed by atoms with Crippen LogP contribution in [0.1, 0.15) is 22.6 Å². The molecule has 0 aliphatic carbocycles. The molecule has 0 saturated carbocycles. The highest BCUT2D eigenvalue weighted by molar-refractivity contribution is 9.08. The van der Waals surface area contributed by atoms with Crippen molar-refractivity contribution in [3.05, 3.63) is 71.2 Å². The van der Waals surface area contributed by atoms with Gasteiger partial charge in [-0.2, -0.15) is 10.5 Å². The van der Waals surface area contributed by atoms with Crippen molar-refractivity contribution < 1.29 is 8.83 Å². The normalized spacial score (nSPS) is 10.1. The highest BCUT2D eigenvalue weighted by atomic mass is 79.9. The van der Waals surface area contributed by atoms with Gasteiger partial charge in [0.15, 0.2) is 0 Å². The fourth-order valence-corrected chi connectivity index (χ4v) is 2.80. The second-order valence-corrected chi connectivity index (χ2v) is 6.05. The van der Waals surface area contributed by atoms with Gasteiger partial charge >= 0.3 is 0 Å². The number of hydrogen-bond donors (Lipinski definition) is 0. The number of rotatable bonds is 1. The lowest BCUT2D eigenvalue weighted by Gasteiger charge is -1.92. The molecule has 5 heteroatoms. The molecule has 4 rings (SSSR count). The summed E-state index contributed by atoms with van der Waals surface area (Å²) in [6, 6.07) is 19.2. The minimum Gasteiger partial charge on any atom is -0.446 e. The fourth-order valence-electron chi connectivity index (χ4n) is 2.45. The molecule has 2 aromatic carbocycles. The van der Waals surface area contributed by atoms with Crippen LogP contribution in [0.5, 0.6) is 0 Å². The van der Waals surface area contributed by atoms with Crippen LogP contribution < -0.4 is 0 Å². The molecule has 0 amide bonds. The van der Waals surface area contributed by atoms with Gasteiger partial charge in [-0.1, -0.05) is 33.6 Å². The summed E-state index contributed by atoms with van der Waals surface area (Å²) < 4.78 is 10.5. The summed E-state index contributed by atoms with van der Waals surface area (Å²) >= 11 is 3.37. The molecular formula is C20H13BrN2O2. The number of benzene rings is 2. The Morgan fingerprint density at radius 1 is 0.840 bits per heavy atom. The molecular weight excluding hydrogens is 380 g/mol. The summed E-state index contributed by atoms with van der Waals surface area (Å²) in [5.41, 5.74) is 3.89. The summed E-state index contributed by atoms with van der Waals surface area (Å²) in [4.78, 5) is 0. The number of nitriles is 2. The van der Waals surface area contributed by atoms with Crippen LogP contribution in [0.15, 0.2) is 57.4 Å². The number of alkyl halides is 1. The van der Waals surface area contributed by atoms with Crippen LogP contribution in [0.4, 0.5) is 0 Å². The van der Waals surface area contributed by atoms with Crippen LogP contribution >= 0.6 is 15.9 Å². The molecule has 2 aromatic heterocycles. The first-order valence-corrected chi connectivity index (χ1v) is 8.64. The van der Waals surface area contributed by atoms with Crippen molar-refractivity contribution in [2.24, 2.45) is 0 Å². The molecule has 0 saturated heterocycles. The van der Waals surface area contributed by atoms with Gasteiger partial charge in [-0.3, -0.25) is 0 Å². The molecule has 4 nitrogen and oxygen atoms in total. The van der Waals surface area contributed by atoms with E-state index in [1.807, 2.05) is 55.5 Å². The largest absolute Gasteiger partial charge is 0.446 e. The maximum absolute atomic E-state index is 8.61. The maximum atomic E-state index is 8.61. The first-order valence-electron chi connectivity index (χ1n) is 7.52. The molecule has 0 aliphatic heterocycles. The van der Waals surface area contributed by atoms with Crippen LogP contribution in [0.25, 0.3) is 21.9 Å². The van der Waals surface area contributed by atoms with Gasteiger partial charge in [0.25, 0.3) is 0 Å². The Kier molecular flexibility index (Phi) is 4.88. The second kappa shape index (κ2) is 7.25. The van der Waals surface area contributed by atoms with E-state index in [9.17, 15) is 0 Å². The van der Waals surface area contributed by atoms with Crippen LogP contribution in [0, 0.1) is 29.6 Å². The van der Waals surface area contributed by atoms with E-state index in [2.05, 4.69) is 15.9 Å². The Labute approximate surface area is 153 Å². The highest BCUT2D eigenvalue weighted by Crippen LogP contribution is 2.21. The van der Waals surface area contributed by atoms with Crippen molar-refractivity contribution in [3.8, 4) is 12.1 Å². The Morgan fingerprint density at radius 3 is 1.96 bits per heavy atom.